The number of unbranched alkanes of at least 4 members (excludes halogenated alkanes) is 1. The van der Waals surface area contributed by atoms with Gasteiger partial charge in [-0.3, -0.25) is 4.79 Å². The minimum atomic E-state index is -4.47. The number of allylic oxidation sites excluding steroid dienone is 2. The summed E-state index contributed by atoms with van der Waals surface area (Å²) in [4.78, 5) is 29.7. The van der Waals surface area contributed by atoms with E-state index in [0.717, 1.165) is 18.6 Å². The molecule has 0 saturated heterocycles. The van der Waals surface area contributed by atoms with Crippen LogP contribution in [0, 0.1) is 5.41 Å². The van der Waals surface area contributed by atoms with Crippen molar-refractivity contribution >= 4 is 27.5 Å². The number of halogens is 3. The Balaban J connectivity index is 2.12. The van der Waals surface area contributed by atoms with Crippen molar-refractivity contribution in [2.24, 2.45) is 11.3 Å². The summed E-state index contributed by atoms with van der Waals surface area (Å²) < 4.78 is 71.7. The van der Waals surface area contributed by atoms with Crippen molar-refractivity contribution in [2.75, 3.05) is 13.1 Å². The number of amides is 1. The lowest BCUT2D eigenvalue weighted by Crippen LogP contribution is -2.49. The number of nitrogens with one attached hydrogen (secondary N) is 2. The van der Waals surface area contributed by atoms with Gasteiger partial charge in [-0.05, 0) is 41.8 Å². The third-order valence-corrected chi connectivity index (χ3v) is 7.86. The average molecular weight is 640 g/mol. The molecule has 44 heavy (non-hydrogen) atoms. The molecule has 1 aromatic heterocycles. The summed E-state index contributed by atoms with van der Waals surface area (Å²) in [5.74, 6) is 5.64. The molecule has 0 unspecified atom stereocenters. The van der Waals surface area contributed by atoms with Gasteiger partial charge >= 0.3 is 12.3 Å². The average Bonchev–Trinajstić information content (AvgIpc) is 2.96. The fraction of sp³-hybridized carbons (Fsp3) is 0.433. The fourth-order valence-corrected chi connectivity index (χ4v) is 4.84. The lowest BCUT2D eigenvalue weighted by atomic mass is 9.89. The Labute approximate surface area is 256 Å². The minimum absolute atomic E-state index is 0.00760. The quantitative estimate of drug-likeness (QED) is 0.140. The van der Waals surface area contributed by atoms with Crippen LogP contribution in [0.2, 0.25) is 0 Å². The van der Waals surface area contributed by atoms with Crippen molar-refractivity contribution < 1.29 is 35.9 Å². The van der Waals surface area contributed by atoms with E-state index in [9.17, 15) is 31.2 Å². The van der Waals surface area contributed by atoms with Gasteiger partial charge in [0, 0.05) is 17.8 Å². The zero-order valence-electron chi connectivity index (χ0n) is 25.2. The minimum Gasteiger partial charge on any atom is -0.444 e. The highest BCUT2D eigenvalue weighted by Gasteiger charge is 2.32. The zero-order valence-corrected chi connectivity index (χ0v) is 26.0. The predicted molar refractivity (Wildman–Crippen MR) is 161 cm³/mol. The summed E-state index contributed by atoms with van der Waals surface area (Å²) >= 11 is 0. The van der Waals surface area contributed by atoms with Gasteiger partial charge in [0.05, 0.1) is 24.7 Å². The van der Waals surface area contributed by atoms with E-state index in [1.54, 1.807) is 6.07 Å². The van der Waals surface area contributed by atoms with Gasteiger partial charge in [-0.15, -0.1) is 0 Å². The van der Waals surface area contributed by atoms with Gasteiger partial charge < -0.3 is 15.1 Å². The highest BCUT2D eigenvalue weighted by Crippen LogP contribution is 2.30. The van der Waals surface area contributed by atoms with Crippen LogP contribution in [0.4, 0.5) is 18.0 Å². The number of alkyl carbamates (subject to hydrolysis) is 1. The molecule has 0 bridgehead atoms. The van der Waals surface area contributed by atoms with E-state index in [0.29, 0.717) is 17.6 Å². The molecular weight excluding hydrogens is 599 g/mol. The maximum absolute atomic E-state index is 13.0. The number of ether oxygens (including phenoxy) is 1. The molecule has 0 spiro atoms. The van der Waals surface area contributed by atoms with Crippen molar-refractivity contribution in [3.63, 3.8) is 0 Å². The van der Waals surface area contributed by atoms with Gasteiger partial charge in [-0.1, -0.05) is 71.4 Å². The van der Waals surface area contributed by atoms with Gasteiger partial charge in [-0.2, -0.15) is 13.2 Å². The number of carbonyl (C=O) groups is 2. The molecule has 242 valence electrons. The molecule has 0 aliphatic rings. The van der Waals surface area contributed by atoms with Gasteiger partial charge in [-0.25, -0.2) is 28.8 Å². The summed E-state index contributed by atoms with van der Waals surface area (Å²) in [5, 5.41) is 3.56. The third kappa shape index (κ3) is 11.4. The molecule has 2 rings (SSSR count). The van der Waals surface area contributed by atoms with Crippen LogP contribution >= 0.6 is 0 Å². The number of ketones is 1. The molecule has 10 nitrogen and oxygen atoms in total. The monoisotopic (exact) mass is 639 g/mol. The number of nitrogens with two attached hydrogens (primary N) is 1. The molecule has 0 radical (unpaired) electrons. The Hall–Kier alpha value is -3.75. The number of rotatable bonds is 15. The maximum atomic E-state index is 13.0. The van der Waals surface area contributed by atoms with Crippen LogP contribution in [0.3, 0.4) is 0 Å². The number of sulfonamides is 1. The van der Waals surface area contributed by atoms with Gasteiger partial charge in [0.15, 0.2) is 10.8 Å². The van der Waals surface area contributed by atoms with E-state index in [-0.39, 0.29) is 18.0 Å². The number of nitrogens with zero attached hydrogens (tertiary/aromatic N) is 2. The zero-order chi connectivity index (χ0) is 33.1. The lowest BCUT2D eigenvalue weighted by Gasteiger charge is -2.33. The van der Waals surface area contributed by atoms with Gasteiger partial charge in [0.1, 0.15) is 6.10 Å². The van der Waals surface area contributed by atoms with Gasteiger partial charge in [0.25, 0.3) is 10.0 Å². The van der Waals surface area contributed by atoms with Crippen LogP contribution in [0.15, 0.2) is 72.5 Å². The number of hydrogen-bond donors (Lipinski definition) is 3. The van der Waals surface area contributed by atoms with Crippen LogP contribution in [0.5, 0.6) is 0 Å². The maximum Gasteiger partial charge on any atom is 0.416 e. The lowest BCUT2D eigenvalue weighted by molar-refractivity contribution is -0.137. The molecule has 0 aliphatic carbocycles. The van der Waals surface area contributed by atoms with E-state index >= 15 is 0 Å². The van der Waals surface area contributed by atoms with Crippen molar-refractivity contribution in [1.82, 2.24) is 20.0 Å². The summed E-state index contributed by atoms with van der Waals surface area (Å²) in [7, 11) is -4.04. The largest absolute Gasteiger partial charge is 0.444 e. The first-order chi connectivity index (χ1) is 20.5. The Morgan fingerprint density at radius 3 is 2.32 bits per heavy atom. The van der Waals surface area contributed by atoms with Crippen molar-refractivity contribution in [1.29, 1.82) is 0 Å². The molecule has 2 atom stereocenters. The molecule has 1 amide bonds. The second-order valence-corrected chi connectivity index (χ2v) is 12.8. The summed E-state index contributed by atoms with van der Waals surface area (Å²) in [6.45, 7) is 10.5. The number of hydrogen-bond acceptors (Lipinski definition) is 8. The molecule has 0 fully saturated rings. The van der Waals surface area contributed by atoms with Crippen LogP contribution in [-0.2, 0) is 25.7 Å². The first kappa shape index (κ1) is 36.4. The first-order valence-corrected chi connectivity index (χ1v) is 15.4. The highest BCUT2D eigenvalue weighted by molar-refractivity contribution is 7.89. The fourth-order valence-electron chi connectivity index (χ4n) is 3.90. The van der Waals surface area contributed by atoms with E-state index in [1.165, 1.54) is 47.7 Å². The molecular formula is C30H40F3N5O5S. The Morgan fingerprint density at radius 2 is 1.80 bits per heavy atom. The van der Waals surface area contributed by atoms with Crippen LogP contribution in [0.25, 0.3) is 5.57 Å². The van der Waals surface area contributed by atoms with E-state index in [1.807, 2.05) is 27.7 Å². The third-order valence-electron chi connectivity index (χ3n) is 6.54. The molecule has 0 saturated carbocycles. The highest BCUT2D eigenvalue weighted by atomic mass is 32.2. The normalized spacial score (nSPS) is 14.0. The van der Waals surface area contributed by atoms with E-state index in [2.05, 4.69) is 21.6 Å². The number of Topliss-reactive ketones (excluding diaryl/α,β-unsaturated/α-hetero) is 1. The van der Waals surface area contributed by atoms with Gasteiger partial charge in [0.2, 0.25) is 0 Å². The molecule has 2 aromatic rings. The Kier molecular flexibility index (Phi) is 13.1. The molecule has 1 heterocycles. The van der Waals surface area contributed by atoms with Crippen LogP contribution in [-0.4, -0.2) is 55.5 Å². The predicted octanol–water partition coefficient (Wildman–Crippen LogP) is 5.05. The summed E-state index contributed by atoms with van der Waals surface area (Å²) in [6.07, 6.45) is -0.367. The Morgan fingerprint density at radius 1 is 1.14 bits per heavy atom. The number of pyridine rings is 1. The number of carbonyl (C=O) groups excluding carboxylic acids is 2. The summed E-state index contributed by atoms with van der Waals surface area (Å²) in [5.41, 5.74) is -0.517. The standard InChI is InChI=1S/C30H40F3N5O5S/c1-6-8-11-24(25(39)18-36-44(41,42)27-12-9-10-17-35-27)37-28(40)43-26(29(3,4)5)20-38(34)19-21(7-2)22-13-15-23(16-14-22)30(31,32)33/h7,9-10,12-17,19,24,26,36H,2,6,8,11,18,20,34H2,1,3-5H3,(H,37,40)/b21-19+/t24-,26+/m0/s1. The number of alkyl halides is 3. The van der Waals surface area contributed by atoms with Crippen molar-refractivity contribution in [3.05, 3.63) is 78.6 Å². The molecule has 4 N–H and O–H groups in total. The second-order valence-electron chi connectivity index (χ2n) is 11.1. The molecule has 0 aliphatic heterocycles. The smallest absolute Gasteiger partial charge is 0.416 e. The SMILES string of the molecule is C=C/C(=C\N(N)C[C@@H](OC(=O)N[C@@H](CCCC)C(=O)CNS(=O)(=O)c1ccccn1)C(C)(C)C)c1ccc(C(F)(F)F)cc1. The first-order valence-electron chi connectivity index (χ1n) is 13.9. The number of hydrazine groups is 1. The topological polar surface area (TPSA) is 144 Å². The molecule has 1 aromatic carbocycles. The summed E-state index contributed by atoms with van der Waals surface area (Å²) in [6, 6.07) is 7.86. The Bertz CT molecular complexity index is 1390. The van der Waals surface area contributed by atoms with Crippen LogP contribution in [0.1, 0.15) is 58.1 Å². The van der Waals surface area contributed by atoms with E-state index in [4.69, 9.17) is 10.6 Å². The molecule has 14 heteroatoms. The van der Waals surface area contributed by atoms with Crippen molar-refractivity contribution in [2.45, 2.75) is 70.3 Å². The van der Waals surface area contributed by atoms with E-state index < -0.39 is 57.7 Å². The van der Waals surface area contributed by atoms with Crippen molar-refractivity contribution in [3.8, 4) is 0 Å². The van der Waals surface area contributed by atoms with Crippen LogP contribution < -0.4 is 15.9 Å². The number of benzene rings is 1. The second kappa shape index (κ2) is 15.8. The number of aromatic nitrogens is 1.